The van der Waals surface area contributed by atoms with E-state index >= 15 is 0 Å². The van der Waals surface area contributed by atoms with Gasteiger partial charge in [0.25, 0.3) is 5.91 Å². The summed E-state index contributed by atoms with van der Waals surface area (Å²) < 4.78 is 5.38. The van der Waals surface area contributed by atoms with E-state index < -0.39 is 0 Å². The second-order valence-corrected chi connectivity index (χ2v) is 6.04. The van der Waals surface area contributed by atoms with Crippen molar-refractivity contribution < 1.29 is 14.3 Å². The third kappa shape index (κ3) is 4.83. The molecule has 2 aromatic rings. The Morgan fingerprint density at radius 3 is 2.42 bits per heavy atom. The molecule has 2 N–H and O–H groups in total. The molecule has 0 saturated carbocycles. The average Bonchev–Trinajstić information content (AvgIpc) is 2.69. The summed E-state index contributed by atoms with van der Waals surface area (Å²) in [4.78, 5) is 26.4. The van der Waals surface area contributed by atoms with Gasteiger partial charge in [0, 0.05) is 31.6 Å². The number of nitrogens with zero attached hydrogens (tertiary/aromatic N) is 1. The van der Waals surface area contributed by atoms with Crippen LogP contribution in [0.1, 0.15) is 16.8 Å². The first-order valence-electron chi connectivity index (χ1n) is 8.79. The summed E-state index contributed by atoms with van der Waals surface area (Å²) in [5.74, 6) is -0.300. The average molecular weight is 353 g/mol. The Kier molecular flexibility index (Phi) is 6.22. The zero-order valence-corrected chi connectivity index (χ0v) is 14.6. The van der Waals surface area contributed by atoms with Gasteiger partial charge in [0.2, 0.25) is 5.91 Å². The van der Waals surface area contributed by atoms with Crippen LogP contribution in [0, 0.1) is 0 Å². The van der Waals surface area contributed by atoms with Crippen LogP contribution in [-0.4, -0.2) is 44.7 Å². The molecule has 6 heteroatoms. The van der Waals surface area contributed by atoms with Crippen LogP contribution in [0.3, 0.4) is 0 Å². The van der Waals surface area contributed by atoms with Crippen molar-refractivity contribution >= 4 is 23.2 Å². The molecule has 26 heavy (non-hydrogen) atoms. The van der Waals surface area contributed by atoms with Crippen molar-refractivity contribution in [2.24, 2.45) is 0 Å². The Morgan fingerprint density at radius 2 is 1.65 bits per heavy atom. The number of nitrogens with one attached hydrogen (secondary N) is 2. The molecule has 0 bridgehead atoms. The lowest BCUT2D eigenvalue weighted by Gasteiger charge is -2.30. The molecule has 0 aromatic heterocycles. The van der Waals surface area contributed by atoms with Crippen LogP contribution in [0.4, 0.5) is 11.4 Å². The monoisotopic (exact) mass is 353 g/mol. The van der Waals surface area contributed by atoms with E-state index in [0.717, 1.165) is 24.5 Å². The molecule has 0 aliphatic carbocycles. The molecule has 1 heterocycles. The third-order valence-corrected chi connectivity index (χ3v) is 4.20. The maximum absolute atomic E-state index is 12.3. The largest absolute Gasteiger partial charge is 0.378 e. The molecule has 0 radical (unpaired) electrons. The van der Waals surface area contributed by atoms with Crippen molar-refractivity contribution in [1.29, 1.82) is 0 Å². The van der Waals surface area contributed by atoms with Crippen molar-refractivity contribution in [3.8, 4) is 0 Å². The van der Waals surface area contributed by atoms with Gasteiger partial charge in [-0.3, -0.25) is 9.59 Å². The van der Waals surface area contributed by atoms with Crippen LogP contribution in [0.2, 0.25) is 0 Å². The number of para-hydroxylation sites is 2. The van der Waals surface area contributed by atoms with E-state index in [0.29, 0.717) is 25.3 Å². The third-order valence-electron chi connectivity index (χ3n) is 4.20. The highest BCUT2D eigenvalue weighted by Crippen LogP contribution is 2.26. The van der Waals surface area contributed by atoms with Crippen LogP contribution >= 0.6 is 0 Å². The minimum absolute atomic E-state index is 0.126. The molecule has 2 aromatic carbocycles. The molecule has 0 unspecified atom stereocenters. The van der Waals surface area contributed by atoms with Crippen molar-refractivity contribution in [1.82, 2.24) is 5.32 Å². The highest BCUT2D eigenvalue weighted by molar-refractivity contribution is 5.96. The molecule has 0 spiro atoms. The lowest BCUT2D eigenvalue weighted by Crippen LogP contribution is -2.36. The summed E-state index contributed by atoms with van der Waals surface area (Å²) in [5.41, 5.74) is 2.37. The van der Waals surface area contributed by atoms with E-state index in [4.69, 9.17) is 4.74 Å². The van der Waals surface area contributed by atoms with E-state index in [1.165, 1.54) is 0 Å². The Hall–Kier alpha value is -2.86. The second-order valence-electron chi connectivity index (χ2n) is 6.04. The number of hydrogen-bond donors (Lipinski definition) is 2. The first-order chi connectivity index (χ1) is 12.7. The van der Waals surface area contributed by atoms with Crippen molar-refractivity contribution in [2.45, 2.75) is 6.42 Å². The molecule has 1 aliphatic heterocycles. The maximum atomic E-state index is 12.3. The van der Waals surface area contributed by atoms with E-state index in [2.05, 4.69) is 15.5 Å². The number of carbonyl (C=O) groups excluding carboxylic acids is 2. The topological polar surface area (TPSA) is 70.7 Å². The van der Waals surface area contributed by atoms with Gasteiger partial charge in [-0.15, -0.1) is 0 Å². The smallest absolute Gasteiger partial charge is 0.251 e. The Bertz CT molecular complexity index is 743. The Labute approximate surface area is 153 Å². The number of ether oxygens (including phenoxy) is 1. The predicted octanol–water partition coefficient (Wildman–Crippen LogP) is 2.28. The first-order valence-corrected chi connectivity index (χ1v) is 8.79. The fourth-order valence-electron chi connectivity index (χ4n) is 2.85. The number of rotatable bonds is 6. The van der Waals surface area contributed by atoms with Gasteiger partial charge in [-0.2, -0.15) is 0 Å². The SMILES string of the molecule is O=C(CCNC(=O)c1ccccc1)Nc1ccccc1N1CCOCC1. The quantitative estimate of drug-likeness (QED) is 0.836. The maximum Gasteiger partial charge on any atom is 0.251 e. The number of anilines is 2. The number of benzene rings is 2. The fourth-order valence-corrected chi connectivity index (χ4v) is 2.85. The fraction of sp³-hybridized carbons (Fsp3) is 0.300. The molecule has 1 fully saturated rings. The molecule has 6 nitrogen and oxygen atoms in total. The minimum atomic E-state index is -0.174. The number of hydrogen-bond acceptors (Lipinski definition) is 4. The Balaban J connectivity index is 1.51. The number of carbonyl (C=O) groups is 2. The molecule has 1 aliphatic rings. The van der Waals surface area contributed by atoms with Crippen molar-refractivity contribution in [2.75, 3.05) is 43.1 Å². The van der Waals surface area contributed by atoms with Crippen LogP contribution in [-0.2, 0) is 9.53 Å². The van der Waals surface area contributed by atoms with Gasteiger partial charge in [0.15, 0.2) is 0 Å². The van der Waals surface area contributed by atoms with E-state index in [1.54, 1.807) is 12.1 Å². The summed E-state index contributed by atoms with van der Waals surface area (Å²) in [6.07, 6.45) is 0.218. The van der Waals surface area contributed by atoms with Gasteiger partial charge in [0.05, 0.1) is 24.6 Å². The van der Waals surface area contributed by atoms with Gasteiger partial charge in [-0.05, 0) is 24.3 Å². The van der Waals surface area contributed by atoms with Crippen LogP contribution in [0.15, 0.2) is 54.6 Å². The van der Waals surface area contributed by atoms with Crippen LogP contribution < -0.4 is 15.5 Å². The standard InChI is InChI=1S/C20H23N3O3/c24-19(10-11-21-20(25)16-6-2-1-3-7-16)22-17-8-4-5-9-18(17)23-12-14-26-15-13-23/h1-9H,10-15H2,(H,21,25)(H,22,24). The number of morpholine rings is 1. The summed E-state index contributed by atoms with van der Waals surface area (Å²) >= 11 is 0. The molecule has 3 rings (SSSR count). The van der Waals surface area contributed by atoms with Crippen molar-refractivity contribution in [3.05, 3.63) is 60.2 Å². The molecular weight excluding hydrogens is 330 g/mol. The zero-order chi connectivity index (χ0) is 18.2. The highest BCUT2D eigenvalue weighted by atomic mass is 16.5. The first kappa shape index (κ1) is 17.9. The summed E-state index contributed by atoms with van der Waals surface area (Å²) in [7, 11) is 0. The van der Waals surface area contributed by atoms with Gasteiger partial charge >= 0.3 is 0 Å². The van der Waals surface area contributed by atoms with Crippen LogP contribution in [0.25, 0.3) is 0 Å². The van der Waals surface area contributed by atoms with Crippen LogP contribution in [0.5, 0.6) is 0 Å². The predicted molar refractivity (Wildman–Crippen MR) is 101 cm³/mol. The minimum Gasteiger partial charge on any atom is -0.378 e. The number of amides is 2. The van der Waals surface area contributed by atoms with Gasteiger partial charge < -0.3 is 20.3 Å². The van der Waals surface area contributed by atoms with E-state index in [9.17, 15) is 9.59 Å². The van der Waals surface area contributed by atoms with E-state index in [1.807, 2.05) is 42.5 Å². The summed E-state index contributed by atoms with van der Waals surface area (Å²) in [6.45, 7) is 3.28. The molecular formula is C20H23N3O3. The van der Waals surface area contributed by atoms with Gasteiger partial charge in [0.1, 0.15) is 0 Å². The highest BCUT2D eigenvalue weighted by Gasteiger charge is 2.15. The summed E-state index contributed by atoms with van der Waals surface area (Å²) in [6, 6.07) is 16.7. The lowest BCUT2D eigenvalue weighted by atomic mass is 10.2. The van der Waals surface area contributed by atoms with E-state index in [-0.39, 0.29) is 18.2 Å². The second kappa shape index (κ2) is 9.01. The molecule has 1 saturated heterocycles. The van der Waals surface area contributed by atoms with Crippen molar-refractivity contribution in [3.63, 3.8) is 0 Å². The lowest BCUT2D eigenvalue weighted by molar-refractivity contribution is -0.116. The normalized spacial score (nSPS) is 13.9. The zero-order valence-electron chi connectivity index (χ0n) is 14.6. The Morgan fingerprint density at radius 1 is 0.962 bits per heavy atom. The molecule has 0 atom stereocenters. The molecule has 2 amide bonds. The van der Waals surface area contributed by atoms with Gasteiger partial charge in [-0.25, -0.2) is 0 Å². The van der Waals surface area contributed by atoms with Gasteiger partial charge in [-0.1, -0.05) is 30.3 Å². The molecule has 136 valence electrons. The summed E-state index contributed by atoms with van der Waals surface area (Å²) in [5, 5.41) is 5.72.